The van der Waals surface area contributed by atoms with Gasteiger partial charge >= 0.3 is 0 Å². The molecule has 0 aliphatic heterocycles. The van der Waals surface area contributed by atoms with Gasteiger partial charge in [0.1, 0.15) is 0 Å². The van der Waals surface area contributed by atoms with E-state index in [-0.39, 0.29) is 12.5 Å². The molecular weight excluding hydrogens is 230 g/mol. The molecular formula is C13H21N3O2. The molecule has 1 amide bonds. The summed E-state index contributed by atoms with van der Waals surface area (Å²) in [6.07, 6.45) is 0.668. The number of hydrogen-bond donors (Lipinski definition) is 3. The summed E-state index contributed by atoms with van der Waals surface area (Å²) < 4.78 is 0. The number of aliphatic hydroxyl groups excluding tert-OH is 1. The zero-order valence-corrected chi connectivity index (χ0v) is 10.9. The van der Waals surface area contributed by atoms with E-state index in [2.05, 4.69) is 5.32 Å². The van der Waals surface area contributed by atoms with Crippen LogP contribution in [0.4, 0.5) is 11.4 Å². The Bertz CT molecular complexity index is 407. The molecule has 0 aliphatic carbocycles. The fourth-order valence-electron chi connectivity index (χ4n) is 1.64. The van der Waals surface area contributed by atoms with Gasteiger partial charge in [-0.15, -0.1) is 0 Å². The Morgan fingerprint density at radius 2 is 2.22 bits per heavy atom. The van der Waals surface area contributed by atoms with Gasteiger partial charge in [0.2, 0.25) is 5.91 Å². The van der Waals surface area contributed by atoms with E-state index < -0.39 is 0 Å². The lowest BCUT2D eigenvalue weighted by Crippen LogP contribution is -2.31. The van der Waals surface area contributed by atoms with Gasteiger partial charge in [0.25, 0.3) is 0 Å². The van der Waals surface area contributed by atoms with Gasteiger partial charge in [-0.05, 0) is 38.1 Å². The highest BCUT2D eigenvalue weighted by molar-refractivity contribution is 5.93. The molecule has 0 fully saturated rings. The predicted molar refractivity (Wildman–Crippen MR) is 73.4 cm³/mol. The standard InChI is InChI=1S/C13H21N3O2/c1-10-11(14)5-3-6-12(10)15-13(18)9-16(2)7-4-8-17/h3,5-6,17H,4,7-9,14H2,1-2H3,(H,15,18). The van der Waals surface area contributed by atoms with Crippen molar-refractivity contribution in [2.75, 3.05) is 37.8 Å². The molecule has 5 heteroatoms. The lowest BCUT2D eigenvalue weighted by Gasteiger charge is -2.16. The van der Waals surface area contributed by atoms with Crippen molar-refractivity contribution in [3.8, 4) is 0 Å². The molecule has 0 heterocycles. The molecule has 0 saturated heterocycles. The molecule has 4 N–H and O–H groups in total. The number of nitrogens with one attached hydrogen (secondary N) is 1. The highest BCUT2D eigenvalue weighted by Gasteiger charge is 2.08. The number of amides is 1. The van der Waals surface area contributed by atoms with Crippen LogP contribution in [0.25, 0.3) is 0 Å². The third-order valence-electron chi connectivity index (χ3n) is 2.76. The third-order valence-corrected chi connectivity index (χ3v) is 2.76. The van der Waals surface area contributed by atoms with Crippen LogP contribution in [-0.4, -0.2) is 42.7 Å². The van der Waals surface area contributed by atoms with Crippen LogP contribution in [0.15, 0.2) is 18.2 Å². The van der Waals surface area contributed by atoms with Crippen molar-refractivity contribution in [1.82, 2.24) is 4.90 Å². The van der Waals surface area contributed by atoms with E-state index in [1.807, 2.05) is 31.0 Å². The maximum absolute atomic E-state index is 11.8. The van der Waals surface area contributed by atoms with Gasteiger partial charge in [0.05, 0.1) is 6.54 Å². The summed E-state index contributed by atoms with van der Waals surface area (Å²) in [5.74, 6) is -0.0795. The van der Waals surface area contributed by atoms with E-state index in [1.54, 1.807) is 6.07 Å². The Labute approximate surface area is 108 Å². The first kappa shape index (κ1) is 14.5. The number of hydrogen-bond acceptors (Lipinski definition) is 4. The molecule has 5 nitrogen and oxygen atoms in total. The number of likely N-dealkylation sites (N-methyl/N-ethyl adjacent to an activating group) is 1. The van der Waals surface area contributed by atoms with Gasteiger partial charge < -0.3 is 16.2 Å². The second-order valence-corrected chi connectivity index (χ2v) is 4.38. The molecule has 1 aromatic carbocycles. The Morgan fingerprint density at radius 1 is 1.50 bits per heavy atom. The molecule has 0 aromatic heterocycles. The van der Waals surface area contributed by atoms with Crippen LogP contribution >= 0.6 is 0 Å². The van der Waals surface area contributed by atoms with Crippen LogP contribution in [0, 0.1) is 6.92 Å². The van der Waals surface area contributed by atoms with Gasteiger partial charge in [-0.25, -0.2) is 0 Å². The van der Waals surface area contributed by atoms with Gasteiger partial charge in [-0.2, -0.15) is 0 Å². The fourth-order valence-corrected chi connectivity index (χ4v) is 1.64. The van der Waals surface area contributed by atoms with Crippen molar-refractivity contribution in [1.29, 1.82) is 0 Å². The van der Waals surface area contributed by atoms with Crippen molar-refractivity contribution in [2.24, 2.45) is 0 Å². The molecule has 18 heavy (non-hydrogen) atoms. The van der Waals surface area contributed by atoms with E-state index >= 15 is 0 Å². The highest BCUT2D eigenvalue weighted by atomic mass is 16.3. The van der Waals surface area contributed by atoms with Crippen molar-refractivity contribution in [3.05, 3.63) is 23.8 Å². The van der Waals surface area contributed by atoms with E-state index in [0.717, 1.165) is 11.3 Å². The average Bonchev–Trinajstić information content (AvgIpc) is 2.32. The average molecular weight is 251 g/mol. The van der Waals surface area contributed by atoms with E-state index in [0.29, 0.717) is 25.2 Å². The van der Waals surface area contributed by atoms with Crippen molar-refractivity contribution >= 4 is 17.3 Å². The maximum Gasteiger partial charge on any atom is 0.238 e. The maximum atomic E-state index is 11.8. The van der Waals surface area contributed by atoms with Crippen molar-refractivity contribution in [2.45, 2.75) is 13.3 Å². The first-order valence-corrected chi connectivity index (χ1v) is 5.99. The van der Waals surface area contributed by atoms with Crippen LogP contribution in [0.1, 0.15) is 12.0 Å². The minimum absolute atomic E-state index is 0.0795. The molecule has 1 aromatic rings. The molecule has 0 spiro atoms. The molecule has 0 atom stereocenters. The Balaban J connectivity index is 2.52. The Morgan fingerprint density at radius 3 is 2.89 bits per heavy atom. The number of carbonyl (C=O) groups excluding carboxylic acids is 1. The van der Waals surface area contributed by atoms with Gasteiger partial charge in [0.15, 0.2) is 0 Å². The largest absolute Gasteiger partial charge is 0.398 e. The van der Waals surface area contributed by atoms with Gasteiger partial charge in [-0.3, -0.25) is 9.69 Å². The smallest absolute Gasteiger partial charge is 0.238 e. The van der Waals surface area contributed by atoms with E-state index in [1.165, 1.54) is 0 Å². The predicted octanol–water partition coefficient (Wildman–Crippen LogP) is 0.830. The fraction of sp³-hybridized carbons (Fsp3) is 0.462. The summed E-state index contributed by atoms with van der Waals surface area (Å²) >= 11 is 0. The number of rotatable bonds is 6. The normalized spacial score (nSPS) is 10.7. The second-order valence-electron chi connectivity index (χ2n) is 4.38. The number of anilines is 2. The van der Waals surface area contributed by atoms with E-state index in [9.17, 15) is 4.79 Å². The van der Waals surface area contributed by atoms with Crippen LogP contribution in [-0.2, 0) is 4.79 Å². The molecule has 100 valence electrons. The second kappa shape index (κ2) is 6.98. The van der Waals surface area contributed by atoms with Gasteiger partial charge in [0, 0.05) is 24.5 Å². The lowest BCUT2D eigenvalue weighted by molar-refractivity contribution is -0.117. The topological polar surface area (TPSA) is 78.6 Å². The van der Waals surface area contributed by atoms with Crippen molar-refractivity contribution in [3.63, 3.8) is 0 Å². The summed E-state index contributed by atoms with van der Waals surface area (Å²) in [6, 6.07) is 5.45. The van der Waals surface area contributed by atoms with Crippen LogP contribution in [0.5, 0.6) is 0 Å². The summed E-state index contributed by atoms with van der Waals surface area (Å²) in [4.78, 5) is 13.7. The molecule has 0 radical (unpaired) electrons. The van der Waals surface area contributed by atoms with Gasteiger partial charge in [-0.1, -0.05) is 6.07 Å². The first-order valence-electron chi connectivity index (χ1n) is 5.99. The zero-order chi connectivity index (χ0) is 13.5. The summed E-state index contributed by atoms with van der Waals surface area (Å²) in [5.41, 5.74) is 8.07. The number of carbonyl (C=O) groups is 1. The molecule has 0 aliphatic rings. The summed E-state index contributed by atoms with van der Waals surface area (Å²) in [6.45, 7) is 3.01. The van der Waals surface area contributed by atoms with E-state index in [4.69, 9.17) is 10.8 Å². The zero-order valence-electron chi connectivity index (χ0n) is 10.9. The summed E-state index contributed by atoms with van der Waals surface area (Å²) in [5, 5.41) is 11.5. The monoisotopic (exact) mass is 251 g/mol. The number of nitrogen functional groups attached to an aromatic ring is 1. The number of aliphatic hydroxyl groups is 1. The highest BCUT2D eigenvalue weighted by Crippen LogP contribution is 2.20. The Hall–Kier alpha value is -1.59. The SMILES string of the molecule is Cc1c(N)cccc1NC(=O)CN(C)CCCO. The first-order chi connectivity index (χ1) is 8.54. The van der Waals surface area contributed by atoms with Crippen molar-refractivity contribution < 1.29 is 9.90 Å². The van der Waals surface area contributed by atoms with Crippen LogP contribution < -0.4 is 11.1 Å². The summed E-state index contributed by atoms with van der Waals surface area (Å²) in [7, 11) is 1.85. The molecule has 0 unspecified atom stereocenters. The third kappa shape index (κ3) is 4.35. The minimum atomic E-state index is -0.0795. The quantitative estimate of drug-likeness (QED) is 0.654. The molecule has 0 saturated carbocycles. The van der Waals surface area contributed by atoms with Crippen LogP contribution in [0.3, 0.4) is 0 Å². The molecule has 0 bridgehead atoms. The van der Waals surface area contributed by atoms with Crippen LogP contribution in [0.2, 0.25) is 0 Å². The Kier molecular flexibility index (Phi) is 5.61. The minimum Gasteiger partial charge on any atom is -0.398 e. The lowest BCUT2D eigenvalue weighted by atomic mass is 10.1. The number of nitrogens with two attached hydrogens (primary N) is 1. The molecule has 1 rings (SSSR count). The number of benzene rings is 1. The number of nitrogens with zero attached hydrogens (tertiary/aromatic N) is 1.